The fourth-order valence-corrected chi connectivity index (χ4v) is 1.74. The lowest BCUT2D eigenvalue weighted by molar-refractivity contribution is 0.814. The summed E-state index contributed by atoms with van der Waals surface area (Å²) in [5.41, 5.74) is 8.53. The zero-order valence-electron chi connectivity index (χ0n) is 9.94. The molecule has 2 aromatic rings. The van der Waals surface area contributed by atoms with Gasteiger partial charge in [0.15, 0.2) is 5.82 Å². The third-order valence-corrected chi connectivity index (χ3v) is 2.97. The number of aryl methyl sites for hydroxylation is 2. The molecule has 0 spiro atoms. The molecule has 2 heterocycles. The predicted molar refractivity (Wildman–Crippen MR) is 68.4 cm³/mol. The van der Waals surface area contributed by atoms with Crippen LogP contribution in [-0.2, 0) is 13.0 Å². The van der Waals surface area contributed by atoms with Crippen LogP contribution in [0.1, 0.15) is 23.9 Å². The van der Waals surface area contributed by atoms with E-state index in [1.54, 1.807) is 10.9 Å². The highest BCUT2D eigenvalue weighted by molar-refractivity contribution is 6.31. The van der Waals surface area contributed by atoms with Crippen molar-refractivity contribution < 1.29 is 0 Å². The molecule has 90 valence electrons. The Morgan fingerprint density at radius 3 is 2.71 bits per heavy atom. The van der Waals surface area contributed by atoms with E-state index in [4.69, 9.17) is 17.3 Å². The average Bonchev–Trinajstić information content (AvgIpc) is 2.69. The third-order valence-electron chi connectivity index (χ3n) is 2.60. The minimum Gasteiger partial charge on any atom is -0.326 e. The van der Waals surface area contributed by atoms with Gasteiger partial charge in [-0.25, -0.2) is 9.67 Å². The van der Waals surface area contributed by atoms with Crippen molar-refractivity contribution in [3.8, 4) is 5.82 Å². The van der Waals surface area contributed by atoms with E-state index in [2.05, 4.69) is 17.0 Å². The van der Waals surface area contributed by atoms with Crippen LogP contribution in [0.25, 0.3) is 5.82 Å². The second-order valence-electron chi connectivity index (χ2n) is 3.89. The summed E-state index contributed by atoms with van der Waals surface area (Å²) < 4.78 is 1.69. The van der Waals surface area contributed by atoms with E-state index < -0.39 is 0 Å². The van der Waals surface area contributed by atoms with E-state index in [0.29, 0.717) is 11.6 Å². The molecule has 0 fully saturated rings. The van der Waals surface area contributed by atoms with Crippen LogP contribution in [0, 0.1) is 6.92 Å². The smallest absolute Gasteiger partial charge is 0.153 e. The fourth-order valence-electron chi connectivity index (χ4n) is 1.61. The van der Waals surface area contributed by atoms with E-state index in [-0.39, 0.29) is 0 Å². The summed E-state index contributed by atoms with van der Waals surface area (Å²) in [5.74, 6) is 0.764. The van der Waals surface area contributed by atoms with Crippen LogP contribution in [0.3, 0.4) is 0 Å². The van der Waals surface area contributed by atoms with Crippen molar-refractivity contribution in [1.82, 2.24) is 14.8 Å². The van der Waals surface area contributed by atoms with Crippen LogP contribution in [0.2, 0.25) is 5.02 Å². The SMILES string of the molecule is CCc1cc(CN)cc(-n2cc(Cl)c(C)n2)n1. The Labute approximate surface area is 105 Å². The highest BCUT2D eigenvalue weighted by Crippen LogP contribution is 2.16. The minimum absolute atomic E-state index is 0.497. The lowest BCUT2D eigenvalue weighted by Gasteiger charge is -2.06. The average molecular weight is 251 g/mol. The van der Waals surface area contributed by atoms with Gasteiger partial charge < -0.3 is 5.73 Å². The molecule has 2 rings (SSSR count). The summed E-state index contributed by atoms with van der Waals surface area (Å²) in [6, 6.07) is 3.95. The Balaban J connectivity index is 2.50. The van der Waals surface area contributed by atoms with Gasteiger partial charge in [-0.15, -0.1) is 0 Å². The third kappa shape index (κ3) is 2.48. The van der Waals surface area contributed by atoms with Crippen molar-refractivity contribution in [2.45, 2.75) is 26.8 Å². The highest BCUT2D eigenvalue weighted by Gasteiger charge is 2.07. The first-order valence-electron chi connectivity index (χ1n) is 5.56. The number of hydrogen-bond donors (Lipinski definition) is 1. The summed E-state index contributed by atoms with van der Waals surface area (Å²) >= 11 is 5.99. The van der Waals surface area contributed by atoms with E-state index >= 15 is 0 Å². The Bertz CT molecular complexity index is 492. The maximum Gasteiger partial charge on any atom is 0.153 e. The standard InChI is InChI=1S/C12H15ClN4/c1-3-10-4-9(6-14)5-12(15-10)17-7-11(13)8(2)16-17/h4-5,7H,3,6,14H2,1-2H3. The molecule has 0 saturated carbocycles. The Hall–Kier alpha value is -1.39. The van der Waals surface area contributed by atoms with Gasteiger partial charge in [0.05, 0.1) is 16.9 Å². The molecule has 0 radical (unpaired) electrons. The van der Waals surface area contributed by atoms with Crippen LogP contribution in [0.15, 0.2) is 18.3 Å². The van der Waals surface area contributed by atoms with E-state index in [9.17, 15) is 0 Å². The molecule has 5 heteroatoms. The number of pyridine rings is 1. The predicted octanol–water partition coefficient (Wildman–Crippen LogP) is 2.25. The molecular weight excluding hydrogens is 236 g/mol. The summed E-state index contributed by atoms with van der Waals surface area (Å²) in [5, 5.41) is 4.95. The van der Waals surface area contributed by atoms with Gasteiger partial charge >= 0.3 is 0 Å². The van der Waals surface area contributed by atoms with Gasteiger partial charge in [0, 0.05) is 12.2 Å². The maximum atomic E-state index is 5.99. The molecule has 0 aliphatic heterocycles. The Morgan fingerprint density at radius 1 is 1.41 bits per heavy atom. The van der Waals surface area contributed by atoms with Gasteiger partial charge in [0.2, 0.25) is 0 Å². The lowest BCUT2D eigenvalue weighted by Crippen LogP contribution is -2.05. The van der Waals surface area contributed by atoms with E-state index in [0.717, 1.165) is 29.2 Å². The monoisotopic (exact) mass is 250 g/mol. The van der Waals surface area contributed by atoms with Crippen molar-refractivity contribution in [2.75, 3.05) is 0 Å². The van der Waals surface area contributed by atoms with Crippen LogP contribution < -0.4 is 5.73 Å². The number of nitrogens with two attached hydrogens (primary N) is 1. The van der Waals surface area contributed by atoms with Gasteiger partial charge in [-0.3, -0.25) is 0 Å². The topological polar surface area (TPSA) is 56.7 Å². The van der Waals surface area contributed by atoms with Crippen LogP contribution in [0.4, 0.5) is 0 Å². The normalized spacial score (nSPS) is 10.8. The lowest BCUT2D eigenvalue weighted by atomic mass is 10.2. The molecule has 0 aliphatic carbocycles. The van der Waals surface area contributed by atoms with Crippen molar-refractivity contribution in [1.29, 1.82) is 0 Å². The zero-order chi connectivity index (χ0) is 12.4. The molecule has 0 aliphatic rings. The molecule has 17 heavy (non-hydrogen) atoms. The van der Waals surface area contributed by atoms with Gasteiger partial charge in [-0.2, -0.15) is 5.10 Å². The number of aromatic nitrogens is 3. The second-order valence-corrected chi connectivity index (χ2v) is 4.30. The van der Waals surface area contributed by atoms with Crippen molar-refractivity contribution in [2.24, 2.45) is 5.73 Å². The van der Waals surface area contributed by atoms with Crippen molar-refractivity contribution in [3.05, 3.63) is 40.3 Å². The van der Waals surface area contributed by atoms with Crippen molar-refractivity contribution in [3.63, 3.8) is 0 Å². The molecule has 2 N–H and O–H groups in total. The molecule has 0 unspecified atom stereocenters. The van der Waals surface area contributed by atoms with Crippen molar-refractivity contribution >= 4 is 11.6 Å². The largest absolute Gasteiger partial charge is 0.326 e. The summed E-state index contributed by atoms with van der Waals surface area (Å²) in [6.45, 7) is 4.43. The number of hydrogen-bond acceptors (Lipinski definition) is 3. The molecular formula is C12H15ClN4. The first kappa shape index (κ1) is 12.1. The summed E-state index contributed by atoms with van der Waals surface area (Å²) in [4.78, 5) is 4.51. The van der Waals surface area contributed by atoms with Gasteiger partial charge in [0.1, 0.15) is 0 Å². The minimum atomic E-state index is 0.497. The first-order chi connectivity index (χ1) is 8.13. The molecule has 0 saturated heterocycles. The number of rotatable bonds is 3. The van der Waals surface area contributed by atoms with E-state index in [1.807, 2.05) is 19.1 Å². The number of halogens is 1. The van der Waals surface area contributed by atoms with E-state index in [1.165, 1.54) is 0 Å². The zero-order valence-corrected chi connectivity index (χ0v) is 10.7. The molecule has 0 bridgehead atoms. The van der Waals surface area contributed by atoms with Gasteiger partial charge in [-0.1, -0.05) is 18.5 Å². The quantitative estimate of drug-likeness (QED) is 0.909. The summed E-state index contributed by atoms with van der Waals surface area (Å²) in [7, 11) is 0. The first-order valence-corrected chi connectivity index (χ1v) is 5.94. The maximum absolute atomic E-state index is 5.99. The molecule has 0 atom stereocenters. The molecule has 0 amide bonds. The molecule has 2 aromatic heterocycles. The molecule has 4 nitrogen and oxygen atoms in total. The van der Waals surface area contributed by atoms with Crippen LogP contribution in [0.5, 0.6) is 0 Å². The summed E-state index contributed by atoms with van der Waals surface area (Å²) in [6.07, 6.45) is 2.63. The van der Waals surface area contributed by atoms with Crippen LogP contribution >= 0.6 is 11.6 Å². The molecule has 0 aromatic carbocycles. The Morgan fingerprint density at radius 2 is 2.18 bits per heavy atom. The fraction of sp³-hybridized carbons (Fsp3) is 0.333. The highest BCUT2D eigenvalue weighted by atomic mass is 35.5. The van der Waals surface area contributed by atoms with Crippen LogP contribution in [-0.4, -0.2) is 14.8 Å². The number of nitrogens with zero attached hydrogens (tertiary/aromatic N) is 3. The van der Waals surface area contributed by atoms with Gasteiger partial charge in [-0.05, 0) is 31.0 Å². The van der Waals surface area contributed by atoms with Gasteiger partial charge in [0.25, 0.3) is 0 Å². The Kier molecular flexibility index (Phi) is 3.45. The second kappa shape index (κ2) is 4.85.